The molecule has 1 aromatic heterocycles. The van der Waals surface area contributed by atoms with Crippen molar-refractivity contribution in [1.29, 1.82) is 0 Å². The molecule has 9 nitrogen and oxygen atoms in total. The zero-order chi connectivity index (χ0) is 24.7. The largest absolute Gasteiger partial charge is 0.467 e. The van der Waals surface area contributed by atoms with Gasteiger partial charge in [-0.15, -0.1) is 0 Å². The first-order valence-electron chi connectivity index (χ1n) is 12.1. The van der Waals surface area contributed by atoms with Crippen molar-refractivity contribution in [3.8, 4) is 0 Å². The van der Waals surface area contributed by atoms with Crippen molar-refractivity contribution in [1.82, 2.24) is 20.9 Å². The Bertz CT molecular complexity index is 1190. The predicted molar refractivity (Wildman–Crippen MR) is 129 cm³/mol. The molecule has 5 rings (SSSR count). The highest BCUT2D eigenvalue weighted by atomic mass is 35.5. The van der Waals surface area contributed by atoms with Crippen LogP contribution in [-0.4, -0.2) is 53.4 Å². The van der Waals surface area contributed by atoms with Gasteiger partial charge in [-0.2, -0.15) is 0 Å². The number of aromatic amines is 1. The minimum absolute atomic E-state index is 0.0917. The van der Waals surface area contributed by atoms with Gasteiger partial charge in [0.15, 0.2) is 0 Å². The molecular formula is C25H29ClN4O5. The monoisotopic (exact) mass is 500 g/mol. The van der Waals surface area contributed by atoms with E-state index in [0.29, 0.717) is 35.0 Å². The van der Waals surface area contributed by atoms with Crippen LogP contribution in [-0.2, 0) is 19.1 Å². The number of ether oxygens (including phenoxy) is 1. The number of methoxy groups -OCH3 is 1. The fraction of sp³-hybridized carbons (Fsp3) is 0.520. The molecule has 1 saturated heterocycles. The molecule has 2 aromatic rings. The molecule has 10 heteroatoms. The minimum atomic E-state index is -0.970. The van der Waals surface area contributed by atoms with Crippen molar-refractivity contribution in [3.05, 3.63) is 35.0 Å². The first kappa shape index (κ1) is 23.7. The summed E-state index contributed by atoms with van der Waals surface area (Å²) in [6, 6.07) is 5.26. The van der Waals surface area contributed by atoms with Crippen LogP contribution in [0.3, 0.4) is 0 Å². The number of fused-ring (bicyclic) bond motifs is 1. The lowest BCUT2D eigenvalue weighted by Gasteiger charge is -2.23. The zero-order valence-electron chi connectivity index (χ0n) is 19.5. The van der Waals surface area contributed by atoms with Crippen LogP contribution in [0, 0.1) is 11.8 Å². The Labute approximate surface area is 207 Å². The summed E-state index contributed by atoms with van der Waals surface area (Å²) in [5.74, 6) is -1.62. The minimum Gasteiger partial charge on any atom is -0.467 e. The van der Waals surface area contributed by atoms with E-state index in [-0.39, 0.29) is 23.8 Å². The standard InChI is InChI=1S/C25H29ClN4O5/c1-35-24(34)19(11-15-12-25(7-8-25)30-21(15)31)29-22(32)17(9-13-5-6-13)28-23(33)18-10-14-3-2-4-16(26)20(14)27-18/h2-4,10,13,15,17,19,27H,5-9,11-12H2,1H3,(H,28,33)(H,29,32)(H,30,31)/t15?,17-,19-/m0/s1. The average Bonchev–Trinajstić information content (AvgIpc) is 3.72. The first-order valence-corrected chi connectivity index (χ1v) is 12.4. The molecule has 1 aromatic carbocycles. The van der Waals surface area contributed by atoms with Crippen LogP contribution in [0.1, 0.15) is 55.4 Å². The molecule has 186 valence electrons. The molecule has 1 spiro atoms. The van der Waals surface area contributed by atoms with Gasteiger partial charge in [0, 0.05) is 16.8 Å². The fourth-order valence-corrected chi connectivity index (χ4v) is 5.19. The van der Waals surface area contributed by atoms with Crippen LogP contribution in [0.2, 0.25) is 5.02 Å². The smallest absolute Gasteiger partial charge is 0.328 e. The Kier molecular flexibility index (Phi) is 6.21. The molecule has 2 heterocycles. The van der Waals surface area contributed by atoms with Crippen molar-refractivity contribution < 1.29 is 23.9 Å². The van der Waals surface area contributed by atoms with E-state index in [1.165, 1.54) is 7.11 Å². The van der Waals surface area contributed by atoms with Gasteiger partial charge in [0.1, 0.15) is 17.8 Å². The van der Waals surface area contributed by atoms with Gasteiger partial charge in [0.05, 0.1) is 17.6 Å². The third-order valence-electron chi connectivity index (χ3n) is 7.31. The van der Waals surface area contributed by atoms with Crippen molar-refractivity contribution in [2.24, 2.45) is 11.8 Å². The number of hydrogen-bond donors (Lipinski definition) is 4. The Hall–Kier alpha value is -3.07. The lowest BCUT2D eigenvalue weighted by molar-refractivity contribution is -0.146. The van der Waals surface area contributed by atoms with Crippen molar-refractivity contribution in [2.75, 3.05) is 7.11 Å². The number of aromatic nitrogens is 1. The summed E-state index contributed by atoms with van der Waals surface area (Å²) < 4.78 is 4.90. The van der Waals surface area contributed by atoms with Crippen LogP contribution in [0.4, 0.5) is 0 Å². The lowest BCUT2D eigenvalue weighted by Crippen LogP contribution is -2.52. The number of benzene rings is 1. The summed E-state index contributed by atoms with van der Waals surface area (Å²) in [6.07, 6.45) is 5.16. The molecular weight excluding hydrogens is 472 g/mol. The quantitative estimate of drug-likeness (QED) is 0.393. The number of H-pyrrole nitrogens is 1. The molecule has 3 fully saturated rings. The van der Waals surface area contributed by atoms with E-state index in [0.717, 1.165) is 31.1 Å². The van der Waals surface area contributed by atoms with E-state index in [2.05, 4.69) is 20.9 Å². The highest BCUT2D eigenvalue weighted by molar-refractivity contribution is 6.35. The summed E-state index contributed by atoms with van der Waals surface area (Å²) >= 11 is 6.21. The molecule has 35 heavy (non-hydrogen) atoms. The van der Waals surface area contributed by atoms with Gasteiger partial charge in [-0.25, -0.2) is 4.79 Å². The number of carbonyl (C=O) groups is 4. The van der Waals surface area contributed by atoms with Gasteiger partial charge in [-0.3, -0.25) is 14.4 Å². The average molecular weight is 501 g/mol. The highest BCUT2D eigenvalue weighted by Gasteiger charge is 2.53. The van der Waals surface area contributed by atoms with Crippen LogP contribution in [0.15, 0.2) is 24.3 Å². The van der Waals surface area contributed by atoms with E-state index in [9.17, 15) is 19.2 Å². The van der Waals surface area contributed by atoms with Gasteiger partial charge in [0.2, 0.25) is 11.8 Å². The highest BCUT2D eigenvalue weighted by Crippen LogP contribution is 2.46. The van der Waals surface area contributed by atoms with E-state index < -0.39 is 29.9 Å². The number of halogens is 1. The number of esters is 1. The van der Waals surface area contributed by atoms with Crippen molar-refractivity contribution in [2.45, 2.75) is 62.6 Å². The van der Waals surface area contributed by atoms with Crippen molar-refractivity contribution in [3.63, 3.8) is 0 Å². The summed E-state index contributed by atoms with van der Waals surface area (Å²) in [5, 5.41) is 9.87. The first-order chi connectivity index (χ1) is 16.8. The van der Waals surface area contributed by atoms with E-state index >= 15 is 0 Å². The molecule has 0 bridgehead atoms. The van der Waals surface area contributed by atoms with Crippen LogP contribution in [0.5, 0.6) is 0 Å². The summed E-state index contributed by atoms with van der Waals surface area (Å²) in [5.41, 5.74) is 0.817. The van der Waals surface area contributed by atoms with Gasteiger partial charge in [0.25, 0.3) is 5.91 Å². The maximum Gasteiger partial charge on any atom is 0.328 e. The molecule has 1 unspecified atom stereocenters. The van der Waals surface area contributed by atoms with Crippen LogP contribution >= 0.6 is 11.6 Å². The maximum atomic E-state index is 13.3. The number of hydrogen-bond acceptors (Lipinski definition) is 5. The predicted octanol–water partition coefficient (Wildman–Crippen LogP) is 2.44. The van der Waals surface area contributed by atoms with E-state index in [1.807, 2.05) is 6.07 Å². The third-order valence-corrected chi connectivity index (χ3v) is 7.62. The van der Waals surface area contributed by atoms with Crippen molar-refractivity contribution >= 4 is 46.2 Å². The third kappa shape index (κ3) is 5.15. The summed E-state index contributed by atoms with van der Waals surface area (Å²) in [6.45, 7) is 0. The van der Waals surface area contributed by atoms with Gasteiger partial charge in [-0.1, -0.05) is 36.6 Å². The number of nitrogens with one attached hydrogen (secondary N) is 4. The van der Waals surface area contributed by atoms with Gasteiger partial charge >= 0.3 is 5.97 Å². The molecule has 1 aliphatic heterocycles. The normalized spacial score (nSPS) is 21.9. The molecule has 3 atom stereocenters. The Morgan fingerprint density at radius 1 is 1.17 bits per heavy atom. The SMILES string of the molecule is COC(=O)[C@H](CC1CC2(CC2)NC1=O)NC(=O)[C@H](CC1CC1)NC(=O)c1cc2cccc(Cl)c2[nH]1. The number of carbonyl (C=O) groups excluding carboxylic acids is 4. The van der Waals surface area contributed by atoms with E-state index in [4.69, 9.17) is 16.3 Å². The topological polar surface area (TPSA) is 129 Å². The Morgan fingerprint density at radius 2 is 1.94 bits per heavy atom. The molecule has 2 aliphatic carbocycles. The Morgan fingerprint density at radius 3 is 2.57 bits per heavy atom. The Balaban J connectivity index is 1.28. The van der Waals surface area contributed by atoms with Crippen LogP contribution < -0.4 is 16.0 Å². The molecule has 0 radical (unpaired) electrons. The summed E-state index contributed by atoms with van der Waals surface area (Å²) in [4.78, 5) is 54.2. The fourth-order valence-electron chi connectivity index (χ4n) is 4.96. The second kappa shape index (κ2) is 9.18. The number of amides is 3. The molecule has 3 aliphatic rings. The molecule has 2 saturated carbocycles. The molecule has 4 N–H and O–H groups in total. The second-order valence-corrected chi connectivity index (χ2v) is 10.5. The number of para-hydroxylation sites is 1. The zero-order valence-corrected chi connectivity index (χ0v) is 20.2. The van der Waals surface area contributed by atoms with Gasteiger partial charge in [-0.05, 0) is 50.2 Å². The van der Waals surface area contributed by atoms with Gasteiger partial charge < -0.3 is 25.7 Å². The van der Waals surface area contributed by atoms with E-state index in [1.54, 1.807) is 18.2 Å². The number of rotatable bonds is 9. The van der Waals surface area contributed by atoms with Crippen LogP contribution in [0.25, 0.3) is 10.9 Å². The lowest BCUT2D eigenvalue weighted by atomic mass is 9.95. The second-order valence-electron chi connectivity index (χ2n) is 10.1. The maximum absolute atomic E-state index is 13.3. The summed E-state index contributed by atoms with van der Waals surface area (Å²) in [7, 11) is 1.25. The molecule has 3 amide bonds.